The van der Waals surface area contributed by atoms with Crippen molar-refractivity contribution in [3.63, 3.8) is 0 Å². The van der Waals surface area contributed by atoms with Crippen LogP contribution in [0.4, 0.5) is 0 Å². The van der Waals surface area contributed by atoms with E-state index in [-0.39, 0.29) is 6.54 Å². The number of hydrogen-bond acceptors (Lipinski definition) is 3. The molecule has 0 aliphatic rings. The van der Waals surface area contributed by atoms with Gasteiger partial charge in [0.2, 0.25) is 0 Å². The number of sulfone groups is 1. The number of hydrogen-bond donors (Lipinski definition) is 1. The fourth-order valence-electron chi connectivity index (χ4n) is 1.98. The molecule has 17 heavy (non-hydrogen) atoms. The van der Waals surface area contributed by atoms with Gasteiger partial charge in [0.1, 0.15) is 0 Å². The molecule has 1 aromatic carbocycles. The summed E-state index contributed by atoms with van der Waals surface area (Å²) >= 11 is 0. The molecule has 0 heterocycles. The first-order valence-electron chi connectivity index (χ1n) is 5.66. The highest BCUT2D eigenvalue weighted by Gasteiger charge is 2.36. The van der Waals surface area contributed by atoms with Crippen LogP contribution in [-0.2, 0) is 9.84 Å². The van der Waals surface area contributed by atoms with Crippen molar-refractivity contribution < 1.29 is 8.42 Å². The van der Waals surface area contributed by atoms with E-state index in [9.17, 15) is 8.42 Å². The Morgan fingerprint density at radius 2 is 1.53 bits per heavy atom. The van der Waals surface area contributed by atoms with E-state index >= 15 is 0 Å². The molecular formula is C13H21NO2S. The normalized spacial score (nSPS) is 12.8. The van der Waals surface area contributed by atoms with Crippen LogP contribution in [0.5, 0.6) is 0 Å². The van der Waals surface area contributed by atoms with Crippen molar-refractivity contribution in [2.75, 3.05) is 6.54 Å². The van der Waals surface area contributed by atoms with Gasteiger partial charge in [-0.25, -0.2) is 8.42 Å². The Kier molecular flexibility index (Phi) is 3.69. The van der Waals surface area contributed by atoms with E-state index in [1.165, 1.54) is 0 Å². The number of benzene rings is 1. The molecule has 0 unspecified atom stereocenters. The van der Waals surface area contributed by atoms with Crippen LogP contribution in [0.1, 0.15) is 30.5 Å². The topological polar surface area (TPSA) is 60.2 Å². The van der Waals surface area contributed by atoms with Gasteiger partial charge in [0.05, 0.1) is 9.64 Å². The molecule has 2 N–H and O–H groups in total. The fourth-order valence-corrected chi connectivity index (χ4v) is 3.71. The third kappa shape index (κ3) is 2.38. The molecule has 1 aromatic rings. The average Bonchev–Trinajstić information content (AvgIpc) is 2.15. The Hall–Kier alpha value is -0.870. The lowest BCUT2D eigenvalue weighted by molar-refractivity contribution is 0.547. The first-order valence-corrected chi connectivity index (χ1v) is 7.14. The van der Waals surface area contributed by atoms with Gasteiger partial charge in [0.15, 0.2) is 9.84 Å². The minimum atomic E-state index is -3.39. The zero-order valence-corrected chi connectivity index (χ0v) is 12.0. The molecule has 3 nitrogen and oxygen atoms in total. The van der Waals surface area contributed by atoms with E-state index in [2.05, 4.69) is 0 Å². The van der Waals surface area contributed by atoms with Crippen LogP contribution in [0.3, 0.4) is 0 Å². The molecule has 0 amide bonds. The second kappa shape index (κ2) is 4.42. The lowest BCUT2D eigenvalue weighted by atomic mass is 10.1. The predicted octanol–water partition coefficient (Wildman–Crippen LogP) is 2.12. The van der Waals surface area contributed by atoms with Gasteiger partial charge in [-0.15, -0.1) is 0 Å². The maximum absolute atomic E-state index is 12.6. The smallest absolute Gasteiger partial charge is 0.185 e. The van der Waals surface area contributed by atoms with Gasteiger partial charge in [-0.05, 0) is 45.7 Å². The highest BCUT2D eigenvalue weighted by molar-refractivity contribution is 7.93. The predicted molar refractivity (Wildman–Crippen MR) is 71.0 cm³/mol. The van der Waals surface area contributed by atoms with E-state index in [1.807, 2.05) is 32.9 Å². The highest BCUT2D eigenvalue weighted by atomic mass is 32.2. The van der Waals surface area contributed by atoms with Crippen LogP contribution in [-0.4, -0.2) is 19.7 Å². The molecular weight excluding hydrogens is 234 g/mol. The van der Waals surface area contributed by atoms with Gasteiger partial charge in [-0.3, -0.25) is 0 Å². The fraction of sp³-hybridized carbons (Fsp3) is 0.538. The van der Waals surface area contributed by atoms with Gasteiger partial charge in [0.25, 0.3) is 0 Å². The molecule has 96 valence electrons. The average molecular weight is 255 g/mol. The summed E-state index contributed by atoms with van der Waals surface area (Å²) in [4.78, 5) is 0.429. The second-order valence-electron chi connectivity index (χ2n) is 5.20. The van der Waals surface area contributed by atoms with Crippen LogP contribution in [0.2, 0.25) is 0 Å². The highest BCUT2D eigenvalue weighted by Crippen LogP contribution is 2.30. The number of aryl methyl sites for hydroxylation is 3. The minimum Gasteiger partial charge on any atom is -0.329 e. The Balaban J connectivity index is 3.56. The maximum Gasteiger partial charge on any atom is 0.185 e. The lowest BCUT2D eigenvalue weighted by Crippen LogP contribution is -2.40. The van der Waals surface area contributed by atoms with Gasteiger partial charge in [0, 0.05) is 6.54 Å². The van der Waals surface area contributed by atoms with Crippen molar-refractivity contribution in [3.8, 4) is 0 Å². The lowest BCUT2D eigenvalue weighted by Gasteiger charge is -2.25. The molecule has 0 aliphatic heterocycles. The van der Waals surface area contributed by atoms with Crippen LogP contribution in [0.25, 0.3) is 0 Å². The van der Waals surface area contributed by atoms with Gasteiger partial charge >= 0.3 is 0 Å². The van der Waals surface area contributed by atoms with Gasteiger partial charge in [-0.2, -0.15) is 0 Å². The van der Waals surface area contributed by atoms with Crippen LogP contribution >= 0.6 is 0 Å². The zero-order valence-electron chi connectivity index (χ0n) is 11.2. The summed E-state index contributed by atoms with van der Waals surface area (Å²) < 4.78 is 24.2. The van der Waals surface area contributed by atoms with Crippen LogP contribution in [0, 0.1) is 20.8 Å². The van der Waals surface area contributed by atoms with Crippen molar-refractivity contribution in [1.82, 2.24) is 0 Å². The summed E-state index contributed by atoms with van der Waals surface area (Å²) in [7, 11) is -3.39. The summed E-state index contributed by atoms with van der Waals surface area (Å²) in [5.74, 6) is 0. The molecule has 0 fully saturated rings. The summed E-state index contributed by atoms with van der Waals surface area (Å²) in [5.41, 5.74) is 8.25. The van der Waals surface area contributed by atoms with Gasteiger partial charge < -0.3 is 5.73 Å². The summed E-state index contributed by atoms with van der Waals surface area (Å²) in [6.07, 6.45) is 0. The molecule has 0 atom stereocenters. The molecule has 0 radical (unpaired) electrons. The summed E-state index contributed by atoms with van der Waals surface area (Å²) in [6, 6.07) is 3.79. The standard InChI is InChI=1S/C13H21NO2S/c1-9-6-10(2)12(11(3)7-9)17(15,16)13(4,5)8-14/h6-7H,8,14H2,1-5H3. The third-order valence-electron chi connectivity index (χ3n) is 3.09. The van der Waals surface area contributed by atoms with Crippen molar-refractivity contribution >= 4 is 9.84 Å². The molecule has 0 aromatic heterocycles. The first kappa shape index (κ1) is 14.2. The van der Waals surface area contributed by atoms with E-state index in [4.69, 9.17) is 5.73 Å². The quantitative estimate of drug-likeness (QED) is 0.900. The largest absolute Gasteiger partial charge is 0.329 e. The van der Waals surface area contributed by atoms with E-state index in [0.717, 1.165) is 16.7 Å². The van der Waals surface area contributed by atoms with Crippen molar-refractivity contribution in [1.29, 1.82) is 0 Å². The Labute approximate surface area is 104 Å². The molecule has 0 aliphatic carbocycles. The SMILES string of the molecule is Cc1cc(C)c(S(=O)(=O)C(C)(C)CN)c(C)c1. The Morgan fingerprint density at radius 1 is 1.12 bits per heavy atom. The monoisotopic (exact) mass is 255 g/mol. The number of rotatable bonds is 3. The van der Waals surface area contributed by atoms with Crippen LogP contribution in [0.15, 0.2) is 17.0 Å². The third-order valence-corrected chi connectivity index (χ3v) is 5.90. The van der Waals surface area contributed by atoms with Crippen LogP contribution < -0.4 is 5.73 Å². The summed E-state index contributed by atoms with van der Waals surface area (Å²) in [6.45, 7) is 9.08. The molecule has 1 rings (SSSR count). The molecule has 0 saturated heterocycles. The van der Waals surface area contributed by atoms with Crippen molar-refractivity contribution in [2.24, 2.45) is 5.73 Å². The number of nitrogens with two attached hydrogens (primary N) is 1. The molecule has 0 saturated carbocycles. The second-order valence-corrected chi connectivity index (χ2v) is 7.72. The van der Waals surface area contributed by atoms with Crippen molar-refractivity contribution in [3.05, 3.63) is 28.8 Å². The molecule has 0 bridgehead atoms. The zero-order chi connectivity index (χ0) is 13.4. The van der Waals surface area contributed by atoms with Crippen molar-refractivity contribution in [2.45, 2.75) is 44.3 Å². The van der Waals surface area contributed by atoms with Gasteiger partial charge in [-0.1, -0.05) is 17.7 Å². The Bertz CT molecular complexity index is 507. The first-order chi connectivity index (χ1) is 7.63. The van der Waals surface area contributed by atoms with E-state index in [1.54, 1.807) is 13.8 Å². The minimum absolute atomic E-state index is 0.113. The van der Waals surface area contributed by atoms with E-state index < -0.39 is 14.6 Å². The molecule has 4 heteroatoms. The molecule has 0 spiro atoms. The Morgan fingerprint density at radius 3 is 1.88 bits per heavy atom. The van der Waals surface area contributed by atoms with E-state index in [0.29, 0.717) is 4.90 Å². The maximum atomic E-state index is 12.6. The summed E-state index contributed by atoms with van der Waals surface area (Å²) in [5, 5.41) is 0.